The first-order valence-electron chi connectivity index (χ1n) is 21.2. The van der Waals surface area contributed by atoms with Crippen LogP contribution in [-0.2, 0) is 25.7 Å². The Morgan fingerprint density at radius 3 is 2.31 bits per heavy atom. The van der Waals surface area contributed by atoms with Crippen LogP contribution in [0.25, 0.3) is 0 Å². The third-order valence-corrected chi connectivity index (χ3v) is 16.7. The molecule has 1 aromatic rings. The molecule has 3 unspecified atom stereocenters. The Hall–Kier alpha value is -2.56. The largest absolute Gasteiger partial charge is 0.481 e. The summed E-state index contributed by atoms with van der Waals surface area (Å²) in [5, 5.41) is 22.2. The van der Waals surface area contributed by atoms with Crippen LogP contribution in [0.1, 0.15) is 132 Å². The highest BCUT2D eigenvalue weighted by molar-refractivity contribution is 6.00. The van der Waals surface area contributed by atoms with Crippen molar-refractivity contribution in [3.63, 3.8) is 0 Å². The van der Waals surface area contributed by atoms with Gasteiger partial charge in [0.15, 0.2) is 12.2 Å². The fourth-order valence-electron chi connectivity index (χ4n) is 13.5. The number of carbonyl (C=O) groups excluding carboxylic acids is 2. The lowest BCUT2D eigenvalue weighted by molar-refractivity contribution is -0.235. The van der Waals surface area contributed by atoms with Crippen LogP contribution in [0, 0.1) is 56.2 Å². The van der Waals surface area contributed by atoms with Gasteiger partial charge in [-0.3, -0.25) is 19.3 Å². The van der Waals surface area contributed by atoms with Crippen LogP contribution in [0.15, 0.2) is 28.2 Å². The molecule has 6 rings (SSSR count). The van der Waals surface area contributed by atoms with Gasteiger partial charge in [-0.15, -0.1) is 0 Å². The maximum Gasteiger partial charge on any atom is 0.309 e. The summed E-state index contributed by atoms with van der Waals surface area (Å²) in [6, 6.07) is 0. The number of nitrogens with zero attached hydrogens (tertiary/aromatic N) is 3. The number of aliphatic hydroxyl groups is 1. The Labute approximate surface area is 330 Å². The molecule has 10 heteroatoms. The van der Waals surface area contributed by atoms with Crippen molar-refractivity contribution in [1.82, 2.24) is 14.8 Å². The Morgan fingerprint density at radius 2 is 1.69 bits per heavy atom. The van der Waals surface area contributed by atoms with Crippen LogP contribution in [0.3, 0.4) is 0 Å². The van der Waals surface area contributed by atoms with Crippen LogP contribution < -0.4 is 0 Å². The van der Waals surface area contributed by atoms with E-state index in [1.54, 1.807) is 20.1 Å². The zero-order chi connectivity index (χ0) is 40.5. The first-order valence-corrected chi connectivity index (χ1v) is 21.2. The van der Waals surface area contributed by atoms with E-state index in [2.05, 4.69) is 77.3 Å². The van der Waals surface area contributed by atoms with Crippen molar-refractivity contribution in [1.29, 1.82) is 0 Å². The van der Waals surface area contributed by atoms with E-state index >= 15 is 0 Å². The lowest BCUT2D eigenvalue weighted by atomic mass is 9.33. The van der Waals surface area contributed by atoms with Gasteiger partial charge in [0, 0.05) is 43.4 Å². The molecular formula is C45H71N3O7. The van der Waals surface area contributed by atoms with E-state index in [9.17, 15) is 24.6 Å². The Kier molecular flexibility index (Phi) is 11.2. The predicted octanol–water partition coefficient (Wildman–Crippen LogP) is 7.79. The number of hydrogen-bond acceptors (Lipinski definition) is 9. The molecule has 0 amide bonds. The van der Waals surface area contributed by atoms with E-state index < -0.39 is 28.9 Å². The Morgan fingerprint density at radius 1 is 0.982 bits per heavy atom. The van der Waals surface area contributed by atoms with E-state index in [1.165, 1.54) is 12.0 Å². The van der Waals surface area contributed by atoms with Crippen molar-refractivity contribution in [2.24, 2.45) is 56.2 Å². The summed E-state index contributed by atoms with van der Waals surface area (Å²) in [6.07, 6.45) is 10.2. The number of carbonyl (C=O) groups is 3. The maximum atomic E-state index is 14.2. The number of Topliss-reactive ketones (excluding diaryl/α,β-unsaturated/α-hetero) is 1. The number of ketones is 1. The second-order valence-electron chi connectivity index (χ2n) is 21.1. The number of aliphatic hydroxyl groups excluding tert-OH is 1. The highest BCUT2D eigenvalue weighted by Crippen LogP contribution is 2.77. The molecule has 10 nitrogen and oxygen atoms in total. The van der Waals surface area contributed by atoms with Crippen molar-refractivity contribution >= 4 is 17.7 Å². The molecule has 4 fully saturated rings. The lowest BCUT2D eigenvalue weighted by Gasteiger charge is -2.72. The summed E-state index contributed by atoms with van der Waals surface area (Å²) in [4.78, 5) is 48.0. The van der Waals surface area contributed by atoms with Crippen LogP contribution in [0.2, 0.25) is 0 Å². The molecule has 9 atom stereocenters. The molecular weight excluding hydrogens is 695 g/mol. The van der Waals surface area contributed by atoms with Gasteiger partial charge in [-0.25, -0.2) is 4.98 Å². The molecule has 5 aliphatic carbocycles. The second-order valence-corrected chi connectivity index (χ2v) is 21.1. The molecule has 308 valence electrons. The molecule has 55 heavy (non-hydrogen) atoms. The molecule has 0 aromatic carbocycles. The van der Waals surface area contributed by atoms with Crippen LogP contribution >= 0.6 is 0 Å². The first kappa shape index (κ1) is 42.1. The van der Waals surface area contributed by atoms with Gasteiger partial charge in [0.2, 0.25) is 0 Å². The van der Waals surface area contributed by atoms with Crippen LogP contribution in [0.4, 0.5) is 0 Å². The van der Waals surface area contributed by atoms with Gasteiger partial charge in [-0.2, -0.15) is 0 Å². The van der Waals surface area contributed by atoms with Gasteiger partial charge in [0.1, 0.15) is 12.4 Å². The fourth-order valence-corrected chi connectivity index (χ4v) is 13.5. The smallest absolute Gasteiger partial charge is 0.309 e. The van der Waals surface area contributed by atoms with Crippen molar-refractivity contribution < 1.29 is 33.8 Å². The van der Waals surface area contributed by atoms with E-state index in [1.807, 2.05) is 0 Å². The summed E-state index contributed by atoms with van der Waals surface area (Å²) in [6.45, 7) is 22.3. The predicted molar refractivity (Wildman–Crippen MR) is 212 cm³/mol. The molecule has 0 saturated heterocycles. The number of ether oxygens (including phenoxy) is 1. The number of hydrogen-bond donors (Lipinski definition) is 2. The zero-order valence-electron chi connectivity index (χ0n) is 35.8. The summed E-state index contributed by atoms with van der Waals surface area (Å²) in [5.74, 6) is -0.0222. The minimum absolute atomic E-state index is 0.0333. The number of rotatable bonds is 13. The van der Waals surface area contributed by atoms with Gasteiger partial charge in [-0.05, 0) is 125 Å². The highest BCUT2D eigenvalue weighted by atomic mass is 16.5. The number of fused-ring (bicyclic) bond motifs is 7. The van der Waals surface area contributed by atoms with E-state index in [4.69, 9.17) is 9.15 Å². The molecule has 5 aliphatic rings. The number of likely N-dealkylation sites (N-methyl/N-ethyl adjacent to an activating group) is 1. The number of aliphatic carboxylic acids is 1. The average molecular weight is 766 g/mol. The van der Waals surface area contributed by atoms with Crippen LogP contribution in [-0.4, -0.2) is 88.7 Å². The number of oxazole rings is 1. The SMILES string of the molecule is CC(C)C1=C2[C@H]3CCC4[C@@]5(C)CC[C@H](OC(=O)CC(C)(C)C(=O)O)C(C)(C)C5CC[C@@]4(C)[C@]3(C)CC[C@@]2(C(O)CN(CCN(C)C)Cc2cocn2)CC1=O. The quantitative estimate of drug-likeness (QED) is 0.192. The molecule has 2 N–H and O–H groups in total. The molecule has 1 heterocycles. The number of carboxylic acid groups (broad SMARTS) is 1. The molecule has 1 aromatic heterocycles. The zero-order valence-corrected chi connectivity index (χ0v) is 35.8. The Bertz CT molecular complexity index is 1650. The topological polar surface area (TPSA) is 133 Å². The third kappa shape index (κ3) is 6.96. The van der Waals surface area contributed by atoms with Crippen LogP contribution in [0.5, 0.6) is 0 Å². The number of esters is 1. The number of carboxylic acids is 1. The summed E-state index contributed by atoms with van der Waals surface area (Å²) < 4.78 is 11.5. The monoisotopic (exact) mass is 766 g/mol. The summed E-state index contributed by atoms with van der Waals surface area (Å²) in [5.41, 5.74) is 1.18. The van der Waals surface area contributed by atoms with Crippen molar-refractivity contribution in [2.75, 3.05) is 33.7 Å². The van der Waals surface area contributed by atoms with Gasteiger partial charge in [0.05, 0.1) is 23.6 Å². The lowest BCUT2D eigenvalue weighted by Crippen LogP contribution is -2.66. The van der Waals surface area contributed by atoms with Gasteiger partial charge >= 0.3 is 11.9 Å². The normalized spacial score (nSPS) is 36.4. The van der Waals surface area contributed by atoms with Gasteiger partial charge in [0.25, 0.3) is 0 Å². The van der Waals surface area contributed by atoms with Crippen molar-refractivity contribution in [3.8, 4) is 0 Å². The van der Waals surface area contributed by atoms with Gasteiger partial charge in [-0.1, -0.05) is 54.0 Å². The number of allylic oxidation sites excluding steroid dienone is 1. The standard InChI is InChI=1S/C45H71N3O7/c1-28(2)37-31(49)22-45(34(50)25-48(21-20-47(10)11)24-29-26-54-27-46-29)19-18-43(8)30(38(37)45)12-13-33-42(7)16-15-35(55-36(51)23-40(3,4)39(52)53)41(5,6)32(42)14-17-44(33,43)9/h26-28,30,32-35,50H,12-25H2,1-11H3,(H,52,53)/t30-,32?,33?,34?,35+,42+,43-,44-,45+/m1/s1. The molecule has 0 bridgehead atoms. The highest BCUT2D eigenvalue weighted by Gasteiger charge is 2.71. The summed E-state index contributed by atoms with van der Waals surface area (Å²) >= 11 is 0. The molecule has 0 radical (unpaired) electrons. The van der Waals surface area contributed by atoms with E-state index in [0.29, 0.717) is 31.3 Å². The second kappa shape index (κ2) is 14.7. The maximum absolute atomic E-state index is 14.2. The summed E-state index contributed by atoms with van der Waals surface area (Å²) in [7, 11) is 4.13. The van der Waals surface area contributed by atoms with Crippen molar-refractivity contribution in [2.45, 2.75) is 145 Å². The molecule has 0 spiro atoms. The molecule has 0 aliphatic heterocycles. The third-order valence-electron chi connectivity index (χ3n) is 16.7. The minimum atomic E-state index is -1.17. The van der Waals surface area contributed by atoms with E-state index in [0.717, 1.165) is 75.7 Å². The number of aromatic nitrogens is 1. The Balaban J connectivity index is 1.28. The van der Waals surface area contributed by atoms with E-state index in [-0.39, 0.29) is 51.8 Å². The fraction of sp³-hybridized carbons (Fsp3) is 0.822. The minimum Gasteiger partial charge on any atom is -0.481 e. The van der Waals surface area contributed by atoms with Crippen molar-refractivity contribution in [3.05, 3.63) is 29.5 Å². The first-order chi connectivity index (χ1) is 25.5. The van der Waals surface area contributed by atoms with Gasteiger partial charge < -0.3 is 24.3 Å². The molecule has 4 saturated carbocycles. The average Bonchev–Trinajstić information content (AvgIpc) is 3.70.